The molecule has 0 atom stereocenters. The number of aryl methyl sites for hydroxylation is 2. The average molecular weight is 394 g/mol. The zero-order valence-corrected chi connectivity index (χ0v) is 16.1. The molecule has 6 nitrogen and oxygen atoms in total. The molecule has 3 heterocycles. The normalized spacial score (nSPS) is 11.2. The number of rotatable bonds is 5. The van der Waals surface area contributed by atoms with Gasteiger partial charge in [0.15, 0.2) is 11.3 Å². The maximum Gasteiger partial charge on any atom is 0.265 e. The summed E-state index contributed by atoms with van der Waals surface area (Å²) < 4.78 is 1.57. The van der Waals surface area contributed by atoms with E-state index >= 15 is 0 Å². The van der Waals surface area contributed by atoms with Gasteiger partial charge in [-0.2, -0.15) is 0 Å². The lowest BCUT2D eigenvalue weighted by atomic mass is 10.1. The number of H-pyrrole nitrogens is 1. The number of benzene rings is 2. The first-order valence-electron chi connectivity index (χ1n) is 9.74. The first-order valence-corrected chi connectivity index (χ1v) is 9.74. The molecule has 0 spiro atoms. The SMILES string of the molecule is O=C(c1ccccc1)c1c(=O)n(CCc2ccccc2)c2nc3ccc[nH]c3nc12. The predicted octanol–water partition coefficient (Wildman–Crippen LogP) is 3.75. The van der Waals surface area contributed by atoms with Gasteiger partial charge in [-0.05, 0) is 24.1 Å². The minimum Gasteiger partial charge on any atom is -0.345 e. The van der Waals surface area contributed by atoms with Crippen molar-refractivity contribution < 1.29 is 4.79 Å². The molecular formula is C24H18N4O2. The number of carbonyl (C=O) groups is 1. The third kappa shape index (κ3) is 3.08. The molecule has 0 saturated heterocycles. The number of ketones is 1. The molecule has 0 aliphatic rings. The van der Waals surface area contributed by atoms with Crippen LogP contribution < -0.4 is 5.56 Å². The molecule has 5 aromatic rings. The number of fused-ring (bicyclic) bond motifs is 2. The smallest absolute Gasteiger partial charge is 0.265 e. The van der Waals surface area contributed by atoms with Crippen LogP contribution in [0.2, 0.25) is 0 Å². The second-order valence-corrected chi connectivity index (χ2v) is 7.06. The highest BCUT2D eigenvalue weighted by Crippen LogP contribution is 2.20. The van der Waals surface area contributed by atoms with Crippen LogP contribution in [0.4, 0.5) is 0 Å². The number of nitrogens with zero attached hydrogens (tertiary/aromatic N) is 3. The van der Waals surface area contributed by atoms with Crippen LogP contribution in [0.1, 0.15) is 21.5 Å². The average Bonchev–Trinajstić information content (AvgIpc) is 3.07. The van der Waals surface area contributed by atoms with Crippen LogP contribution in [-0.4, -0.2) is 25.3 Å². The molecule has 0 bridgehead atoms. The van der Waals surface area contributed by atoms with Crippen LogP contribution in [0.3, 0.4) is 0 Å². The van der Waals surface area contributed by atoms with Crippen molar-refractivity contribution in [3.63, 3.8) is 0 Å². The fraction of sp³-hybridized carbons (Fsp3) is 0.0833. The zero-order chi connectivity index (χ0) is 20.5. The summed E-state index contributed by atoms with van der Waals surface area (Å²) in [6.07, 6.45) is 2.39. The summed E-state index contributed by atoms with van der Waals surface area (Å²) in [4.78, 5) is 38.9. The third-order valence-electron chi connectivity index (χ3n) is 5.16. The van der Waals surface area contributed by atoms with E-state index < -0.39 is 0 Å². The monoisotopic (exact) mass is 394 g/mol. The Hall–Kier alpha value is -4.06. The molecule has 0 saturated carbocycles. The number of carbonyl (C=O) groups excluding carboxylic acids is 1. The Balaban J connectivity index is 1.70. The summed E-state index contributed by atoms with van der Waals surface area (Å²) in [5, 5.41) is 0. The second kappa shape index (κ2) is 7.40. The number of aromatic amines is 1. The third-order valence-corrected chi connectivity index (χ3v) is 5.16. The Kier molecular flexibility index (Phi) is 4.44. The van der Waals surface area contributed by atoms with E-state index in [2.05, 4.69) is 15.0 Å². The Morgan fingerprint density at radius 1 is 0.900 bits per heavy atom. The van der Waals surface area contributed by atoms with Crippen LogP contribution in [0, 0.1) is 0 Å². The van der Waals surface area contributed by atoms with Crippen molar-refractivity contribution in [2.75, 3.05) is 0 Å². The zero-order valence-electron chi connectivity index (χ0n) is 16.1. The Bertz CT molecular complexity index is 1420. The van der Waals surface area contributed by atoms with Gasteiger partial charge < -0.3 is 4.98 Å². The number of hydrogen-bond donors (Lipinski definition) is 1. The van der Waals surface area contributed by atoms with E-state index in [0.29, 0.717) is 40.9 Å². The van der Waals surface area contributed by atoms with Gasteiger partial charge in [0.1, 0.15) is 16.6 Å². The molecule has 3 aromatic heterocycles. The molecule has 146 valence electrons. The molecule has 5 rings (SSSR count). The van der Waals surface area contributed by atoms with Gasteiger partial charge in [0.05, 0.1) is 0 Å². The van der Waals surface area contributed by atoms with Crippen LogP contribution in [-0.2, 0) is 13.0 Å². The Morgan fingerprint density at radius 3 is 2.40 bits per heavy atom. The van der Waals surface area contributed by atoms with Crippen molar-refractivity contribution in [3.8, 4) is 0 Å². The highest BCUT2D eigenvalue weighted by atomic mass is 16.1. The Morgan fingerprint density at radius 2 is 1.63 bits per heavy atom. The summed E-state index contributed by atoms with van der Waals surface area (Å²) >= 11 is 0. The molecule has 0 aliphatic heterocycles. The van der Waals surface area contributed by atoms with Gasteiger partial charge >= 0.3 is 0 Å². The molecule has 0 amide bonds. The quantitative estimate of drug-likeness (QED) is 0.461. The van der Waals surface area contributed by atoms with Crippen LogP contribution in [0.25, 0.3) is 22.3 Å². The van der Waals surface area contributed by atoms with E-state index in [1.54, 1.807) is 35.0 Å². The van der Waals surface area contributed by atoms with E-state index in [4.69, 9.17) is 0 Å². The van der Waals surface area contributed by atoms with Gasteiger partial charge in [-0.25, -0.2) is 9.97 Å². The summed E-state index contributed by atoms with van der Waals surface area (Å²) in [5.74, 6) is -0.339. The molecule has 30 heavy (non-hydrogen) atoms. The molecule has 1 N–H and O–H groups in total. The van der Waals surface area contributed by atoms with E-state index in [-0.39, 0.29) is 16.9 Å². The van der Waals surface area contributed by atoms with Crippen molar-refractivity contribution in [2.24, 2.45) is 0 Å². The standard InChI is InChI=1S/C24H18N4O2/c29-21(17-10-5-2-6-11-17)19-20-23(26-18-12-7-14-25-22(18)27-20)28(24(19)30)15-13-16-8-3-1-4-9-16/h1-12,14H,13,15H2,(H,25,27). The van der Waals surface area contributed by atoms with Crippen LogP contribution in [0.5, 0.6) is 0 Å². The lowest BCUT2D eigenvalue weighted by molar-refractivity contribution is 0.103. The topological polar surface area (TPSA) is 80.6 Å². The number of pyridine rings is 1. The lowest BCUT2D eigenvalue weighted by Crippen LogP contribution is -2.22. The molecule has 0 aliphatic carbocycles. The molecule has 2 aromatic carbocycles. The summed E-state index contributed by atoms with van der Waals surface area (Å²) in [6, 6.07) is 22.4. The van der Waals surface area contributed by atoms with E-state index in [0.717, 1.165) is 5.56 Å². The van der Waals surface area contributed by atoms with Gasteiger partial charge in [-0.3, -0.25) is 14.2 Å². The maximum absolute atomic E-state index is 13.4. The number of hydrogen-bond acceptors (Lipinski definition) is 4. The minimum absolute atomic E-state index is 0.0657. The molecule has 0 radical (unpaired) electrons. The summed E-state index contributed by atoms with van der Waals surface area (Å²) in [6.45, 7) is 0.415. The fourth-order valence-corrected chi connectivity index (χ4v) is 3.65. The van der Waals surface area contributed by atoms with Gasteiger partial charge in [0.25, 0.3) is 5.56 Å². The number of nitrogens with one attached hydrogen (secondary N) is 1. The molecule has 0 unspecified atom stereocenters. The highest BCUT2D eigenvalue weighted by Gasteiger charge is 2.25. The van der Waals surface area contributed by atoms with Crippen LogP contribution in [0.15, 0.2) is 83.8 Å². The van der Waals surface area contributed by atoms with Crippen LogP contribution >= 0.6 is 0 Å². The van der Waals surface area contributed by atoms with Gasteiger partial charge in [0, 0.05) is 18.3 Å². The van der Waals surface area contributed by atoms with Crippen molar-refractivity contribution in [2.45, 2.75) is 13.0 Å². The van der Waals surface area contributed by atoms with Crippen molar-refractivity contribution in [3.05, 3.63) is 106 Å². The molecule has 6 heteroatoms. The van der Waals surface area contributed by atoms with E-state index in [9.17, 15) is 9.59 Å². The van der Waals surface area contributed by atoms with Gasteiger partial charge in [-0.1, -0.05) is 60.7 Å². The van der Waals surface area contributed by atoms with Crippen molar-refractivity contribution in [1.82, 2.24) is 19.5 Å². The summed E-state index contributed by atoms with van der Waals surface area (Å²) in [7, 11) is 0. The lowest BCUT2D eigenvalue weighted by Gasteiger charge is -2.04. The maximum atomic E-state index is 13.4. The molecule has 0 fully saturated rings. The van der Waals surface area contributed by atoms with E-state index in [1.807, 2.05) is 48.5 Å². The van der Waals surface area contributed by atoms with Gasteiger partial charge in [-0.15, -0.1) is 0 Å². The fourth-order valence-electron chi connectivity index (χ4n) is 3.65. The highest BCUT2D eigenvalue weighted by molar-refractivity contribution is 6.15. The van der Waals surface area contributed by atoms with Gasteiger partial charge in [0.2, 0.25) is 5.78 Å². The predicted molar refractivity (Wildman–Crippen MR) is 116 cm³/mol. The minimum atomic E-state index is -0.356. The second-order valence-electron chi connectivity index (χ2n) is 7.06. The largest absolute Gasteiger partial charge is 0.345 e. The van der Waals surface area contributed by atoms with E-state index in [1.165, 1.54) is 0 Å². The van der Waals surface area contributed by atoms with Crippen molar-refractivity contribution in [1.29, 1.82) is 0 Å². The molecular weight excluding hydrogens is 376 g/mol. The first kappa shape index (κ1) is 18.0. The Labute approximate surface area is 171 Å². The summed E-state index contributed by atoms with van der Waals surface area (Å²) in [5.41, 5.74) is 3.21. The first-order chi connectivity index (χ1) is 14.7. The number of aromatic nitrogens is 4. The van der Waals surface area contributed by atoms with Crippen molar-refractivity contribution >= 4 is 28.1 Å².